The zero-order valence-electron chi connectivity index (χ0n) is 7.96. The molecule has 3 heteroatoms. The summed E-state index contributed by atoms with van der Waals surface area (Å²) < 4.78 is 12.2. The minimum absolute atomic E-state index is 0.667. The summed E-state index contributed by atoms with van der Waals surface area (Å²) in [6.07, 6.45) is 2.35. The minimum atomic E-state index is 0.667. The zero-order chi connectivity index (χ0) is 9.80. The SMILES string of the molecule is ICCCc1ccc2c(c1)OCCO2. The highest BCUT2D eigenvalue weighted by atomic mass is 127. The molecular weight excluding hydrogens is 291 g/mol. The Labute approximate surface area is 97.7 Å². The number of hydrogen-bond acceptors (Lipinski definition) is 2. The van der Waals surface area contributed by atoms with Crippen molar-refractivity contribution in [2.75, 3.05) is 17.6 Å². The van der Waals surface area contributed by atoms with E-state index in [1.165, 1.54) is 16.4 Å². The van der Waals surface area contributed by atoms with Crippen molar-refractivity contribution in [2.45, 2.75) is 12.8 Å². The number of hydrogen-bond donors (Lipinski definition) is 0. The van der Waals surface area contributed by atoms with E-state index in [-0.39, 0.29) is 0 Å². The summed E-state index contributed by atoms with van der Waals surface area (Å²) >= 11 is 2.40. The normalized spacial score (nSPS) is 14.1. The van der Waals surface area contributed by atoms with Crippen LogP contribution in [0, 0.1) is 0 Å². The van der Waals surface area contributed by atoms with Crippen LogP contribution in [-0.4, -0.2) is 17.6 Å². The van der Waals surface area contributed by atoms with E-state index in [1.807, 2.05) is 6.07 Å². The van der Waals surface area contributed by atoms with Crippen LogP contribution in [0.5, 0.6) is 11.5 Å². The minimum Gasteiger partial charge on any atom is -0.486 e. The molecule has 0 amide bonds. The molecule has 0 bridgehead atoms. The van der Waals surface area contributed by atoms with Crippen LogP contribution in [0.2, 0.25) is 0 Å². The van der Waals surface area contributed by atoms with Crippen molar-refractivity contribution >= 4 is 22.6 Å². The van der Waals surface area contributed by atoms with E-state index in [9.17, 15) is 0 Å². The lowest BCUT2D eigenvalue weighted by atomic mass is 10.1. The van der Waals surface area contributed by atoms with Gasteiger partial charge in [-0.15, -0.1) is 0 Å². The van der Waals surface area contributed by atoms with Gasteiger partial charge < -0.3 is 9.47 Å². The highest BCUT2D eigenvalue weighted by molar-refractivity contribution is 14.1. The van der Waals surface area contributed by atoms with Gasteiger partial charge in [-0.25, -0.2) is 0 Å². The third kappa shape index (κ3) is 2.32. The van der Waals surface area contributed by atoms with E-state index < -0.39 is 0 Å². The molecule has 14 heavy (non-hydrogen) atoms. The molecule has 76 valence electrons. The van der Waals surface area contributed by atoms with Gasteiger partial charge in [0.2, 0.25) is 0 Å². The van der Waals surface area contributed by atoms with Crippen LogP contribution >= 0.6 is 22.6 Å². The Morgan fingerprint density at radius 3 is 2.71 bits per heavy atom. The van der Waals surface area contributed by atoms with Crippen molar-refractivity contribution in [3.63, 3.8) is 0 Å². The number of fused-ring (bicyclic) bond motifs is 1. The van der Waals surface area contributed by atoms with Gasteiger partial charge in [0.25, 0.3) is 0 Å². The third-order valence-electron chi connectivity index (χ3n) is 2.21. The van der Waals surface area contributed by atoms with Crippen molar-refractivity contribution in [3.8, 4) is 11.5 Å². The van der Waals surface area contributed by atoms with Gasteiger partial charge in [0.05, 0.1) is 0 Å². The third-order valence-corrected chi connectivity index (χ3v) is 2.97. The molecule has 0 spiro atoms. The summed E-state index contributed by atoms with van der Waals surface area (Å²) in [4.78, 5) is 0. The van der Waals surface area contributed by atoms with Crippen molar-refractivity contribution in [2.24, 2.45) is 0 Å². The lowest BCUT2D eigenvalue weighted by molar-refractivity contribution is 0.171. The summed E-state index contributed by atoms with van der Waals surface area (Å²) in [5.41, 5.74) is 1.34. The molecule has 0 atom stereocenters. The first kappa shape index (κ1) is 10.1. The monoisotopic (exact) mass is 304 g/mol. The second-order valence-electron chi connectivity index (χ2n) is 3.27. The molecule has 0 saturated heterocycles. The molecule has 1 aliphatic rings. The number of benzene rings is 1. The number of aryl methyl sites for hydroxylation is 1. The molecule has 1 aromatic carbocycles. The van der Waals surface area contributed by atoms with Crippen molar-refractivity contribution in [1.29, 1.82) is 0 Å². The smallest absolute Gasteiger partial charge is 0.161 e. The Hall–Kier alpha value is -0.450. The van der Waals surface area contributed by atoms with Crippen LogP contribution in [0.15, 0.2) is 18.2 Å². The molecule has 2 nitrogen and oxygen atoms in total. The second kappa shape index (κ2) is 4.87. The number of rotatable bonds is 3. The average molecular weight is 304 g/mol. The molecule has 0 aromatic heterocycles. The molecule has 0 fully saturated rings. The van der Waals surface area contributed by atoms with E-state index in [2.05, 4.69) is 34.7 Å². The maximum Gasteiger partial charge on any atom is 0.161 e. The summed E-state index contributed by atoms with van der Waals surface area (Å²) in [5.74, 6) is 1.79. The first-order valence-electron chi connectivity index (χ1n) is 4.84. The standard InChI is InChI=1S/C11H13IO2/c12-5-1-2-9-3-4-10-11(8-9)14-7-6-13-10/h3-4,8H,1-2,5-7H2. The molecule has 1 aliphatic heterocycles. The Morgan fingerprint density at radius 2 is 1.93 bits per heavy atom. The molecular formula is C11H13IO2. The van der Waals surface area contributed by atoms with Gasteiger partial charge in [-0.3, -0.25) is 0 Å². The first-order chi connectivity index (χ1) is 6.90. The molecule has 0 unspecified atom stereocenters. The van der Waals surface area contributed by atoms with Crippen LogP contribution in [0.1, 0.15) is 12.0 Å². The van der Waals surface area contributed by atoms with E-state index in [0.717, 1.165) is 17.9 Å². The van der Waals surface area contributed by atoms with Crippen molar-refractivity contribution in [3.05, 3.63) is 23.8 Å². The summed E-state index contributed by atoms with van der Waals surface area (Å²) in [5, 5.41) is 0. The Balaban J connectivity index is 2.12. The van der Waals surface area contributed by atoms with E-state index in [1.54, 1.807) is 0 Å². The topological polar surface area (TPSA) is 18.5 Å². The number of alkyl halides is 1. The predicted octanol–water partition coefficient (Wildman–Crippen LogP) is 2.83. The highest BCUT2D eigenvalue weighted by Crippen LogP contribution is 2.31. The highest BCUT2D eigenvalue weighted by Gasteiger charge is 2.10. The lowest BCUT2D eigenvalue weighted by Crippen LogP contribution is -2.15. The summed E-state index contributed by atoms with van der Waals surface area (Å²) in [7, 11) is 0. The second-order valence-corrected chi connectivity index (χ2v) is 4.35. The van der Waals surface area contributed by atoms with Gasteiger partial charge in [-0.05, 0) is 35.0 Å². The maximum atomic E-state index is 5.52. The number of halogens is 1. The van der Waals surface area contributed by atoms with Crippen molar-refractivity contribution in [1.82, 2.24) is 0 Å². The van der Waals surface area contributed by atoms with E-state index in [4.69, 9.17) is 9.47 Å². The number of ether oxygens (including phenoxy) is 2. The van der Waals surface area contributed by atoms with Crippen LogP contribution in [-0.2, 0) is 6.42 Å². The first-order valence-corrected chi connectivity index (χ1v) is 6.37. The van der Waals surface area contributed by atoms with E-state index in [0.29, 0.717) is 13.2 Å². The molecule has 0 N–H and O–H groups in total. The van der Waals surface area contributed by atoms with Gasteiger partial charge in [0.1, 0.15) is 13.2 Å². The molecule has 1 aromatic rings. The van der Waals surface area contributed by atoms with Crippen molar-refractivity contribution < 1.29 is 9.47 Å². The predicted molar refractivity (Wildman–Crippen MR) is 64.6 cm³/mol. The molecule has 0 aliphatic carbocycles. The Morgan fingerprint density at radius 1 is 1.14 bits per heavy atom. The fraction of sp³-hybridized carbons (Fsp3) is 0.455. The summed E-state index contributed by atoms with van der Waals surface area (Å²) in [6.45, 7) is 1.34. The Kier molecular flexibility index (Phi) is 3.50. The van der Waals surface area contributed by atoms with Gasteiger partial charge >= 0.3 is 0 Å². The van der Waals surface area contributed by atoms with Gasteiger partial charge in [-0.1, -0.05) is 28.7 Å². The van der Waals surface area contributed by atoms with Crippen LogP contribution in [0.4, 0.5) is 0 Å². The van der Waals surface area contributed by atoms with Gasteiger partial charge in [0.15, 0.2) is 11.5 Å². The van der Waals surface area contributed by atoms with Crippen LogP contribution in [0.3, 0.4) is 0 Å². The molecule has 0 radical (unpaired) electrons. The molecule has 1 heterocycles. The summed E-state index contributed by atoms with van der Waals surface area (Å²) in [6, 6.07) is 6.23. The molecule has 2 rings (SSSR count). The largest absolute Gasteiger partial charge is 0.486 e. The van der Waals surface area contributed by atoms with Gasteiger partial charge in [0, 0.05) is 0 Å². The molecule has 0 saturated carbocycles. The lowest BCUT2D eigenvalue weighted by Gasteiger charge is -2.18. The van der Waals surface area contributed by atoms with E-state index >= 15 is 0 Å². The van der Waals surface area contributed by atoms with Crippen LogP contribution < -0.4 is 9.47 Å². The van der Waals surface area contributed by atoms with Gasteiger partial charge in [-0.2, -0.15) is 0 Å². The Bertz CT molecular complexity index is 312. The fourth-order valence-electron chi connectivity index (χ4n) is 1.51. The zero-order valence-corrected chi connectivity index (χ0v) is 10.1. The quantitative estimate of drug-likeness (QED) is 0.631. The van der Waals surface area contributed by atoms with Crippen LogP contribution in [0.25, 0.3) is 0 Å². The fourth-order valence-corrected chi connectivity index (χ4v) is 1.90. The average Bonchev–Trinajstić information content (AvgIpc) is 2.26. The maximum absolute atomic E-state index is 5.52.